The van der Waals surface area contributed by atoms with Crippen LogP contribution in [-0.4, -0.2) is 47.8 Å². The van der Waals surface area contributed by atoms with E-state index < -0.39 is 11.9 Å². The number of methoxy groups -OCH3 is 2. The van der Waals surface area contributed by atoms with Gasteiger partial charge >= 0.3 is 11.9 Å². The van der Waals surface area contributed by atoms with Crippen LogP contribution in [0.25, 0.3) is 0 Å². The molecular weight excluding hydrogens is 350 g/mol. The number of hydrogen-bond donors (Lipinski definition) is 2. The molecule has 0 bridgehead atoms. The lowest BCUT2D eigenvalue weighted by atomic mass is 9.99. The summed E-state index contributed by atoms with van der Waals surface area (Å²) in [6.45, 7) is 3.00. The Balaban J connectivity index is 0.000000380. The van der Waals surface area contributed by atoms with E-state index in [-0.39, 0.29) is 0 Å². The van der Waals surface area contributed by atoms with Crippen molar-refractivity contribution in [2.75, 3.05) is 20.8 Å². The Morgan fingerprint density at radius 3 is 2.26 bits per heavy atom. The fourth-order valence-corrected chi connectivity index (χ4v) is 2.91. The average molecular weight is 373 g/mol. The van der Waals surface area contributed by atoms with Crippen LogP contribution >= 0.6 is 0 Å². The predicted octanol–water partition coefficient (Wildman–Crippen LogP) is 2.42. The van der Waals surface area contributed by atoms with Gasteiger partial charge < -0.3 is 19.7 Å². The molecule has 7 nitrogen and oxygen atoms in total. The van der Waals surface area contributed by atoms with E-state index in [1.807, 2.05) is 12.1 Å². The molecule has 3 rings (SSSR count). The molecule has 0 aliphatic carbocycles. The van der Waals surface area contributed by atoms with E-state index >= 15 is 0 Å². The van der Waals surface area contributed by atoms with Crippen LogP contribution in [0.4, 0.5) is 0 Å². The number of rotatable bonds is 4. The fraction of sp³-hybridized carbons (Fsp3) is 0.300. The third-order valence-electron chi connectivity index (χ3n) is 4.28. The Kier molecular flexibility index (Phi) is 7.19. The van der Waals surface area contributed by atoms with Crippen molar-refractivity contribution in [3.63, 3.8) is 0 Å². The van der Waals surface area contributed by atoms with Crippen molar-refractivity contribution in [2.45, 2.75) is 19.5 Å². The van der Waals surface area contributed by atoms with Gasteiger partial charge in [0.1, 0.15) is 11.5 Å². The summed E-state index contributed by atoms with van der Waals surface area (Å²) in [7, 11) is 3.39. The van der Waals surface area contributed by atoms with Gasteiger partial charge in [0.2, 0.25) is 0 Å². The Morgan fingerprint density at radius 2 is 1.67 bits per heavy atom. The highest BCUT2D eigenvalue weighted by molar-refractivity contribution is 6.27. The molecule has 0 spiro atoms. The van der Waals surface area contributed by atoms with Crippen LogP contribution in [0.2, 0.25) is 0 Å². The van der Waals surface area contributed by atoms with Gasteiger partial charge in [-0.05, 0) is 23.6 Å². The van der Waals surface area contributed by atoms with Gasteiger partial charge in [-0.2, -0.15) is 0 Å². The van der Waals surface area contributed by atoms with Gasteiger partial charge in [-0.3, -0.25) is 4.90 Å². The van der Waals surface area contributed by atoms with E-state index in [1.165, 1.54) is 16.7 Å². The maximum Gasteiger partial charge on any atom is 0.414 e. The molecule has 2 N–H and O–H groups in total. The second-order valence-corrected chi connectivity index (χ2v) is 6.02. The van der Waals surface area contributed by atoms with Gasteiger partial charge in [-0.25, -0.2) is 9.59 Å². The quantitative estimate of drug-likeness (QED) is 0.795. The lowest BCUT2D eigenvalue weighted by Gasteiger charge is -2.29. The van der Waals surface area contributed by atoms with Gasteiger partial charge in [-0.15, -0.1) is 0 Å². The first-order valence-corrected chi connectivity index (χ1v) is 8.40. The molecule has 1 aliphatic rings. The number of carboxylic acid groups (broad SMARTS) is 2. The molecule has 144 valence electrons. The van der Waals surface area contributed by atoms with Gasteiger partial charge in [0.25, 0.3) is 0 Å². The summed E-state index contributed by atoms with van der Waals surface area (Å²) in [6, 6.07) is 14.8. The SMILES string of the molecule is COc1ccc(CN2CCc3ccccc3C2)c(OC)c1.O=C(O)C(=O)O. The van der Waals surface area contributed by atoms with Crippen molar-refractivity contribution in [2.24, 2.45) is 0 Å². The lowest BCUT2D eigenvalue weighted by Crippen LogP contribution is -2.30. The van der Waals surface area contributed by atoms with E-state index in [0.717, 1.165) is 37.6 Å². The number of ether oxygens (including phenoxy) is 2. The zero-order chi connectivity index (χ0) is 19.8. The molecule has 0 aromatic heterocycles. The van der Waals surface area contributed by atoms with Crippen LogP contribution in [0.5, 0.6) is 11.5 Å². The van der Waals surface area contributed by atoms with Crippen LogP contribution in [0, 0.1) is 0 Å². The molecule has 0 atom stereocenters. The molecule has 1 aliphatic heterocycles. The summed E-state index contributed by atoms with van der Waals surface area (Å²) in [4.78, 5) is 20.7. The molecule has 0 saturated carbocycles. The first kappa shape index (κ1) is 20.3. The van der Waals surface area contributed by atoms with E-state index in [1.54, 1.807) is 14.2 Å². The topological polar surface area (TPSA) is 96.3 Å². The summed E-state index contributed by atoms with van der Waals surface area (Å²) < 4.78 is 10.7. The van der Waals surface area contributed by atoms with Crippen LogP contribution in [0.3, 0.4) is 0 Å². The third-order valence-corrected chi connectivity index (χ3v) is 4.28. The first-order chi connectivity index (χ1) is 12.9. The lowest BCUT2D eigenvalue weighted by molar-refractivity contribution is -0.159. The summed E-state index contributed by atoms with van der Waals surface area (Å²) in [5.74, 6) is -1.92. The van der Waals surface area contributed by atoms with Crippen molar-refractivity contribution in [3.05, 3.63) is 59.2 Å². The van der Waals surface area contributed by atoms with Crippen molar-refractivity contribution >= 4 is 11.9 Å². The predicted molar refractivity (Wildman–Crippen MR) is 99.1 cm³/mol. The van der Waals surface area contributed by atoms with Crippen LogP contribution in [0.1, 0.15) is 16.7 Å². The smallest absolute Gasteiger partial charge is 0.414 e. The molecule has 0 amide bonds. The largest absolute Gasteiger partial charge is 0.497 e. The normalized spacial score (nSPS) is 13.0. The Morgan fingerprint density at radius 1 is 1.00 bits per heavy atom. The number of carbonyl (C=O) groups is 2. The maximum absolute atomic E-state index is 9.10. The highest BCUT2D eigenvalue weighted by Gasteiger charge is 2.17. The standard InChI is InChI=1S/C18H21NO2.C2H2O4/c1-20-17-8-7-16(18(11-17)21-2)13-19-10-9-14-5-3-4-6-15(14)12-19;3-1(4)2(5)6/h3-8,11H,9-10,12-13H2,1-2H3;(H,3,4)(H,5,6). The number of hydrogen-bond acceptors (Lipinski definition) is 5. The minimum absolute atomic E-state index is 0.833. The van der Waals surface area contributed by atoms with Crippen molar-refractivity contribution < 1.29 is 29.3 Å². The third kappa shape index (κ3) is 5.72. The van der Waals surface area contributed by atoms with Gasteiger partial charge in [0, 0.05) is 31.3 Å². The number of aliphatic carboxylic acids is 2. The fourth-order valence-electron chi connectivity index (χ4n) is 2.91. The second-order valence-electron chi connectivity index (χ2n) is 6.02. The van der Waals surface area contributed by atoms with Gasteiger partial charge in [0.05, 0.1) is 14.2 Å². The summed E-state index contributed by atoms with van der Waals surface area (Å²) in [5, 5.41) is 14.8. The monoisotopic (exact) mass is 373 g/mol. The van der Waals surface area contributed by atoms with E-state index in [0.29, 0.717) is 0 Å². The Labute approximate surface area is 157 Å². The molecule has 7 heteroatoms. The zero-order valence-electron chi connectivity index (χ0n) is 15.3. The average Bonchev–Trinajstić information content (AvgIpc) is 2.68. The molecule has 0 saturated heterocycles. The number of nitrogens with zero attached hydrogens (tertiary/aromatic N) is 1. The Bertz CT molecular complexity index is 793. The molecule has 27 heavy (non-hydrogen) atoms. The van der Waals surface area contributed by atoms with E-state index in [4.69, 9.17) is 29.3 Å². The van der Waals surface area contributed by atoms with E-state index in [9.17, 15) is 0 Å². The molecule has 1 heterocycles. The first-order valence-electron chi connectivity index (χ1n) is 8.40. The van der Waals surface area contributed by atoms with Crippen LogP contribution < -0.4 is 9.47 Å². The number of carboxylic acids is 2. The Hall–Kier alpha value is -3.06. The van der Waals surface area contributed by atoms with Gasteiger partial charge in [-0.1, -0.05) is 30.3 Å². The number of fused-ring (bicyclic) bond motifs is 1. The van der Waals surface area contributed by atoms with Crippen LogP contribution in [-0.2, 0) is 29.1 Å². The molecule has 2 aromatic carbocycles. The molecule has 0 fully saturated rings. The summed E-state index contributed by atoms with van der Waals surface area (Å²) in [5.41, 5.74) is 4.13. The van der Waals surface area contributed by atoms with Gasteiger partial charge in [0.15, 0.2) is 0 Å². The van der Waals surface area contributed by atoms with Crippen molar-refractivity contribution in [3.8, 4) is 11.5 Å². The summed E-state index contributed by atoms with van der Waals surface area (Å²) >= 11 is 0. The molecule has 2 aromatic rings. The molecule has 0 radical (unpaired) electrons. The maximum atomic E-state index is 9.10. The van der Waals surface area contributed by atoms with Crippen molar-refractivity contribution in [1.29, 1.82) is 0 Å². The second kappa shape index (κ2) is 9.59. The minimum Gasteiger partial charge on any atom is -0.497 e. The number of benzene rings is 2. The van der Waals surface area contributed by atoms with Crippen LogP contribution in [0.15, 0.2) is 42.5 Å². The van der Waals surface area contributed by atoms with Crippen molar-refractivity contribution in [1.82, 2.24) is 4.90 Å². The highest BCUT2D eigenvalue weighted by atomic mass is 16.5. The minimum atomic E-state index is -1.82. The van der Waals surface area contributed by atoms with E-state index in [2.05, 4.69) is 35.2 Å². The highest BCUT2D eigenvalue weighted by Crippen LogP contribution is 2.27. The zero-order valence-corrected chi connectivity index (χ0v) is 15.3. The molecular formula is C20H23NO6. The molecule has 0 unspecified atom stereocenters. The summed E-state index contributed by atoms with van der Waals surface area (Å²) in [6.07, 6.45) is 1.12.